The summed E-state index contributed by atoms with van der Waals surface area (Å²) in [5.74, 6) is 0. The molecule has 0 spiro atoms. The van der Waals surface area contributed by atoms with Crippen molar-refractivity contribution >= 4 is 0 Å². The van der Waals surface area contributed by atoms with Crippen LogP contribution in [0, 0.1) is 0 Å². The average molecular weight is 280 g/mol. The summed E-state index contributed by atoms with van der Waals surface area (Å²) < 4.78 is 1.98. The van der Waals surface area contributed by atoms with Gasteiger partial charge in [0.15, 0.2) is 0 Å². The maximum absolute atomic E-state index is 4.34. The molecule has 116 valence electrons. The molecule has 4 heteroatoms. The molecule has 1 N–H and O–H groups in total. The molecular formula is C16H32N4. The van der Waals surface area contributed by atoms with Crippen molar-refractivity contribution in [1.82, 2.24) is 20.0 Å². The Morgan fingerprint density at radius 3 is 2.50 bits per heavy atom. The third kappa shape index (κ3) is 5.63. The first-order valence-corrected chi connectivity index (χ1v) is 8.11. The van der Waals surface area contributed by atoms with Crippen LogP contribution in [0.25, 0.3) is 0 Å². The van der Waals surface area contributed by atoms with Gasteiger partial charge in [0.05, 0.1) is 6.20 Å². The molecule has 0 aliphatic heterocycles. The van der Waals surface area contributed by atoms with Gasteiger partial charge >= 0.3 is 0 Å². The molecule has 0 saturated carbocycles. The van der Waals surface area contributed by atoms with Gasteiger partial charge in [-0.15, -0.1) is 0 Å². The average Bonchev–Trinajstić information content (AvgIpc) is 2.92. The summed E-state index contributed by atoms with van der Waals surface area (Å²) in [6.45, 7) is 15.5. The van der Waals surface area contributed by atoms with Gasteiger partial charge in [-0.05, 0) is 53.2 Å². The monoisotopic (exact) mass is 280 g/mol. The minimum absolute atomic E-state index is 0.374. The van der Waals surface area contributed by atoms with E-state index in [-0.39, 0.29) is 0 Å². The maximum atomic E-state index is 4.34. The number of nitrogens with one attached hydrogen (secondary N) is 1. The molecule has 0 fully saturated rings. The van der Waals surface area contributed by atoms with Crippen LogP contribution in [-0.4, -0.2) is 40.4 Å². The first kappa shape index (κ1) is 17.2. The summed E-state index contributed by atoms with van der Waals surface area (Å²) >= 11 is 0. The van der Waals surface area contributed by atoms with Crippen molar-refractivity contribution < 1.29 is 0 Å². The van der Waals surface area contributed by atoms with Gasteiger partial charge in [0.25, 0.3) is 0 Å². The number of aromatic nitrogens is 2. The molecule has 0 aliphatic carbocycles. The highest BCUT2D eigenvalue weighted by atomic mass is 15.3. The predicted molar refractivity (Wildman–Crippen MR) is 85.9 cm³/mol. The SMILES string of the molecule is CCN(CC)CCCC(C)NC(C)c1cnn(CC)c1. The van der Waals surface area contributed by atoms with E-state index in [0.29, 0.717) is 12.1 Å². The zero-order chi connectivity index (χ0) is 15.0. The van der Waals surface area contributed by atoms with E-state index in [1.807, 2.05) is 10.9 Å². The number of aryl methyl sites for hydroxylation is 1. The van der Waals surface area contributed by atoms with Crippen molar-refractivity contribution in [3.63, 3.8) is 0 Å². The number of nitrogens with zero attached hydrogens (tertiary/aromatic N) is 3. The smallest absolute Gasteiger partial charge is 0.0537 e. The van der Waals surface area contributed by atoms with Crippen LogP contribution in [-0.2, 0) is 6.54 Å². The third-order valence-electron chi connectivity index (χ3n) is 4.02. The number of rotatable bonds is 10. The normalized spacial score (nSPS) is 14.7. The van der Waals surface area contributed by atoms with Gasteiger partial charge in [0, 0.05) is 30.4 Å². The predicted octanol–water partition coefficient (Wildman–Crippen LogP) is 3.06. The van der Waals surface area contributed by atoms with E-state index in [4.69, 9.17) is 0 Å². The van der Waals surface area contributed by atoms with Gasteiger partial charge in [-0.1, -0.05) is 13.8 Å². The second-order valence-electron chi connectivity index (χ2n) is 5.59. The molecule has 0 bridgehead atoms. The topological polar surface area (TPSA) is 33.1 Å². The van der Waals surface area contributed by atoms with Crippen molar-refractivity contribution in [3.8, 4) is 0 Å². The molecule has 0 aromatic carbocycles. The first-order valence-electron chi connectivity index (χ1n) is 8.11. The fourth-order valence-electron chi connectivity index (χ4n) is 2.54. The third-order valence-corrected chi connectivity index (χ3v) is 4.02. The molecule has 20 heavy (non-hydrogen) atoms. The van der Waals surface area contributed by atoms with Gasteiger partial charge < -0.3 is 10.2 Å². The van der Waals surface area contributed by atoms with Crippen LogP contribution in [0.3, 0.4) is 0 Å². The lowest BCUT2D eigenvalue weighted by Gasteiger charge is -2.22. The molecule has 2 atom stereocenters. The summed E-state index contributed by atoms with van der Waals surface area (Å²) in [7, 11) is 0. The molecule has 1 aromatic heterocycles. The van der Waals surface area contributed by atoms with E-state index >= 15 is 0 Å². The second kappa shape index (κ2) is 9.14. The maximum Gasteiger partial charge on any atom is 0.0537 e. The molecule has 4 nitrogen and oxygen atoms in total. The van der Waals surface area contributed by atoms with Crippen LogP contribution >= 0.6 is 0 Å². The molecule has 1 rings (SSSR count). The Hall–Kier alpha value is -0.870. The van der Waals surface area contributed by atoms with E-state index < -0.39 is 0 Å². The molecule has 0 aliphatic rings. The van der Waals surface area contributed by atoms with Crippen LogP contribution in [0.15, 0.2) is 12.4 Å². The molecule has 0 amide bonds. The van der Waals surface area contributed by atoms with Crippen molar-refractivity contribution in [2.75, 3.05) is 19.6 Å². The van der Waals surface area contributed by atoms with Crippen molar-refractivity contribution in [1.29, 1.82) is 0 Å². The van der Waals surface area contributed by atoms with E-state index in [2.05, 4.69) is 56.1 Å². The van der Waals surface area contributed by atoms with Gasteiger partial charge in [0.2, 0.25) is 0 Å². The van der Waals surface area contributed by atoms with Crippen molar-refractivity contribution in [2.24, 2.45) is 0 Å². The van der Waals surface area contributed by atoms with Gasteiger partial charge in [0.1, 0.15) is 0 Å². The molecule has 0 radical (unpaired) electrons. The standard InChI is InChI=1S/C16H32N4/c1-6-19(7-2)11-9-10-14(4)18-15(5)16-12-17-20(8-3)13-16/h12-15,18H,6-11H2,1-5H3. The summed E-state index contributed by atoms with van der Waals surface area (Å²) in [6.07, 6.45) is 6.60. The first-order chi connectivity index (χ1) is 9.60. The largest absolute Gasteiger partial charge is 0.308 e. The molecular weight excluding hydrogens is 248 g/mol. The Kier molecular flexibility index (Phi) is 7.85. The lowest BCUT2D eigenvalue weighted by Crippen LogP contribution is -2.30. The summed E-state index contributed by atoms with van der Waals surface area (Å²) in [4.78, 5) is 2.49. The quantitative estimate of drug-likeness (QED) is 0.715. The van der Waals surface area contributed by atoms with Gasteiger partial charge in [-0.3, -0.25) is 4.68 Å². The van der Waals surface area contributed by atoms with Crippen LogP contribution in [0.2, 0.25) is 0 Å². The van der Waals surface area contributed by atoms with Crippen LogP contribution in [0.4, 0.5) is 0 Å². The second-order valence-corrected chi connectivity index (χ2v) is 5.59. The minimum atomic E-state index is 0.374. The Morgan fingerprint density at radius 2 is 1.95 bits per heavy atom. The Balaban J connectivity index is 2.29. The summed E-state index contributed by atoms with van der Waals surface area (Å²) in [5, 5.41) is 8.01. The molecule has 1 heterocycles. The lowest BCUT2D eigenvalue weighted by atomic mass is 10.1. The summed E-state index contributed by atoms with van der Waals surface area (Å²) in [5.41, 5.74) is 1.28. The van der Waals surface area contributed by atoms with Crippen molar-refractivity contribution in [3.05, 3.63) is 18.0 Å². The van der Waals surface area contributed by atoms with Gasteiger partial charge in [-0.2, -0.15) is 5.10 Å². The number of hydrogen-bond donors (Lipinski definition) is 1. The van der Waals surface area contributed by atoms with E-state index in [0.717, 1.165) is 19.6 Å². The summed E-state index contributed by atoms with van der Waals surface area (Å²) in [6, 6.07) is 0.921. The number of hydrogen-bond acceptors (Lipinski definition) is 3. The molecule has 1 aromatic rings. The highest BCUT2D eigenvalue weighted by molar-refractivity contribution is 5.09. The fourth-order valence-corrected chi connectivity index (χ4v) is 2.54. The Labute approximate surface area is 124 Å². The van der Waals surface area contributed by atoms with E-state index in [1.54, 1.807) is 0 Å². The van der Waals surface area contributed by atoms with E-state index in [9.17, 15) is 0 Å². The molecule has 0 saturated heterocycles. The highest BCUT2D eigenvalue weighted by Gasteiger charge is 2.11. The van der Waals surface area contributed by atoms with Crippen molar-refractivity contribution in [2.45, 2.75) is 66.1 Å². The zero-order valence-electron chi connectivity index (χ0n) is 13.9. The zero-order valence-corrected chi connectivity index (χ0v) is 13.9. The minimum Gasteiger partial charge on any atom is -0.308 e. The van der Waals surface area contributed by atoms with Crippen LogP contribution < -0.4 is 5.32 Å². The van der Waals surface area contributed by atoms with E-state index in [1.165, 1.54) is 24.9 Å². The lowest BCUT2D eigenvalue weighted by molar-refractivity contribution is 0.288. The van der Waals surface area contributed by atoms with Gasteiger partial charge in [-0.25, -0.2) is 0 Å². The molecule has 2 unspecified atom stereocenters. The van der Waals surface area contributed by atoms with Crippen LogP contribution in [0.1, 0.15) is 59.1 Å². The Bertz CT molecular complexity index is 357. The Morgan fingerprint density at radius 1 is 1.25 bits per heavy atom. The fraction of sp³-hybridized carbons (Fsp3) is 0.812. The highest BCUT2D eigenvalue weighted by Crippen LogP contribution is 2.13. The van der Waals surface area contributed by atoms with Crippen LogP contribution in [0.5, 0.6) is 0 Å².